The summed E-state index contributed by atoms with van der Waals surface area (Å²) in [7, 11) is 0. The number of rotatable bonds is 7. The maximum Gasteiger partial charge on any atom is 0.261 e. The molecule has 5 nitrogen and oxygen atoms in total. The van der Waals surface area contributed by atoms with Crippen LogP contribution in [0.2, 0.25) is 5.02 Å². The molecule has 0 bridgehead atoms. The molecule has 0 radical (unpaired) electrons. The van der Waals surface area contributed by atoms with E-state index in [1.54, 1.807) is 36.9 Å². The van der Waals surface area contributed by atoms with E-state index in [0.29, 0.717) is 27.2 Å². The van der Waals surface area contributed by atoms with Gasteiger partial charge in [-0.3, -0.25) is 10.1 Å². The second-order valence-electron chi connectivity index (χ2n) is 5.62. The number of hydrogen-bond acceptors (Lipinski definition) is 6. The van der Waals surface area contributed by atoms with E-state index < -0.39 is 0 Å². The lowest BCUT2D eigenvalue weighted by molar-refractivity contribution is 0.102. The van der Waals surface area contributed by atoms with Gasteiger partial charge in [0.2, 0.25) is 5.13 Å². The van der Waals surface area contributed by atoms with Crippen LogP contribution in [0.15, 0.2) is 39.1 Å². The third kappa shape index (κ3) is 4.66. The zero-order valence-electron chi connectivity index (χ0n) is 14.4. The van der Waals surface area contributed by atoms with Crippen molar-refractivity contribution in [1.82, 2.24) is 10.2 Å². The van der Waals surface area contributed by atoms with Crippen LogP contribution in [0.3, 0.4) is 0 Å². The number of nitrogens with one attached hydrogen (secondary N) is 1. The van der Waals surface area contributed by atoms with E-state index >= 15 is 0 Å². The average molecular weight is 408 g/mol. The van der Waals surface area contributed by atoms with Crippen LogP contribution < -0.4 is 5.32 Å². The van der Waals surface area contributed by atoms with Crippen molar-refractivity contribution in [2.24, 2.45) is 0 Å². The van der Waals surface area contributed by atoms with Crippen molar-refractivity contribution in [3.05, 3.63) is 46.7 Å². The van der Waals surface area contributed by atoms with E-state index in [1.165, 1.54) is 11.3 Å². The van der Waals surface area contributed by atoms with E-state index in [4.69, 9.17) is 16.0 Å². The number of hydrogen-bond donors (Lipinski definition) is 1. The number of nitrogens with zero attached hydrogens (tertiary/aromatic N) is 2. The summed E-state index contributed by atoms with van der Waals surface area (Å²) in [6.07, 6.45) is 2.28. The fourth-order valence-electron chi connectivity index (χ4n) is 2.25. The number of benzene rings is 1. The number of carbonyl (C=O) groups excluding carboxylic acids is 1. The quantitative estimate of drug-likeness (QED) is 0.300. The Kier molecular flexibility index (Phi) is 6.34. The van der Waals surface area contributed by atoms with Crippen LogP contribution in [0.1, 0.15) is 35.9 Å². The van der Waals surface area contributed by atoms with Crippen LogP contribution in [-0.4, -0.2) is 21.9 Å². The lowest BCUT2D eigenvalue weighted by Gasteiger charge is -1.98. The molecule has 0 unspecified atom stereocenters. The van der Waals surface area contributed by atoms with E-state index in [0.717, 1.165) is 28.5 Å². The highest BCUT2D eigenvalue weighted by atomic mass is 35.5. The predicted molar refractivity (Wildman–Crippen MR) is 107 cm³/mol. The molecule has 3 rings (SSSR count). The molecular formula is C18H18ClN3O2S2. The predicted octanol–water partition coefficient (Wildman–Crippen LogP) is 5.90. The van der Waals surface area contributed by atoms with Gasteiger partial charge in [-0.05, 0) is 43.7 Å². The van der Waals surface area contributed by atoms with Crippen LogP contribution in [-0.2, 0) is 0 Å². The Morgan fingerprint density at radius 2 is 2.08 bits per heavy atom. The van der Waals surface area contributed by atoms with Gasteiger partial charge in [0.25, 0.3) is 5.91 Å². The van der Waals surface area contributed by atoms with Crippen molar-refractivity contribution in [3.8, 4) is 11.3 Å². The number of halogens is 1. The van der Waals surface area contributed by atoms with Crippen molar-refractivity contribution in [2.75, 3.05) is 11.1 Å². The van der Waals surface area contributed by atoms with Gasteiger partial charge in [0.05, 0.1) is 5.56 Å². The number of carbonyl (C=O) groups is 1. The van der Waals surface area contributed by atoms with Gasteiger partial charge in [-0.2, -0.15) is 0 Å². The molecule has 26 heavy (non-hydrogen) atoms. The molecule has 0 aliphatic heterocycles. The number of thioether (sulfide) groups is 1. The Morgan fingerprint density at radius 3 is 2.81 bits per heavy atom. The van der Waals surface area contributed by atoms with Gasteiger partial charge in [0.15, 0.2) is 4.34 Å². The largest absolute Gasteiger partial charge is 0.461 e. The SMILES string of the molecule is CCCCSc1nnc(NC(=O)c2cc(-c3ccc(Cl)cc3)oc2C)s1. The minimum atomic E-state index is -0.257. The molecule has 0 fully saturated rings. The second kappa shape index (κ2) is 8.70. The summed E-state index contributed by atoms with van der Waals surface area (Å²) in [4.78, 5) is 12.5. The van der Waals surface area contributed by atoms with Gasteiger partial charge in [0, 0.05) is 16.3 Å². The Labute approximate surface area is 165 Å². The summed E-state index contributed by atoms with van der Waals surface area (Å²) in [5.41, 5.74) is 1.34. The van der Waals surface area contributed by atoms with Crippen molar-refractivity contribution < 1.29 is 9.21 Å². The van der Waals surface area contributed by atoms with Gasteiger partial charge in [-0.1, -0.05) is 48.0 Å². The van der Waals surface area contributed by atoms with Crippen molar-refractivity contribution in [3.63, 3.8) is 0 Å². The Bertz CT molecular complexity index is 890. The van der Waals surface area contributed by atoms with Gasteiger partial charge < -0.3 is 4.42 Å². The smallest absolute Gasteiger partial charge is 0.261 e. The Hall–Kier alpha value is -1.83. The van der Waals surface area contributed by atoms with Crippen LogP contribution in [0, 0.1) is 6.92 Å². The number of anilines is 1. The average Bonchev–Trinajstić information content (AvgIpc) is 3.22. The van der Waals surface area contributed by atoms with Crippen molar-refractivity contribution >= 4 is 45.7 Å². The summed E-state index contributed by atoms with van der Waals surface area (Å²) >= 11 is 8.95. The molecule has 0 saturated carbocycles. The number of unbranched alkanes of at least 4 members (excludes halogenated alkanes) is 1. The lowest BCUT2D eigenvalue weighted by atomic mass is 10.1. The van der Waals surface area contributed by atoms with E-state index in [2.05, 4.69) is 22.4 Å². The summed E-state index contributed by atoms with van der Waals surface area (Å²) in [5.74, 6) is 1.92. The molecule has 0 spiro atoms. The fraction of sp³-hybridized carbons (Fsp3) is 0.278. The summed E-state index contributed by atoms with van der Waals surface area (Å²) in [6.45, 7) is 3.91. The molecule has 3 aromatic rings. The van der Waals surface area contributed by atoms with Gasteiger partial charge in [-0.25, -0.2) is 0 Å². The third-order valence-electron chi connectivity index (χ3n) is 3.64. The highest BCUT2D eigenvalue weighted by Gasteiger charge is 2.18. The molecule has 1 amide bonds. The zero-order valence-corrected chi connectivity index (χ0v) is 16.8. The van der Waals surface area contributed by atoms with Gasteiger partial charge >= 0.3 is 0 Å². The minimum absolute atomic E-state index is 0.257. The molecule has 0 aliphatic carbocycles. The standard InChI is InChI=1S/C18H18ClN3O2S2/c1-3-4-9-25-18-22-21-17(26-18)20-16(23)14-10-15(24-11(14)2)12-5-7-13(19)8-6-12/h5-8,10H,3-4,9H2,1-2H3,(H,20,21,23). The highest BCUT2D eigenvalue weighted by molar-refractivity contribution is 8.01. The van der Waals surface area contributed by atoms with Crippen molar-refractivity contribution in [1.29, 1.82) is 0 Å². The van der Waals surface area contributed by atoms with E-state index in [-0.39, 0.29) is 5.91 Å². The maximum absolute atomic E-state index is 12.5. The van der Waals surface area contributed by atoms with Gasteiger partial charge in [0.1, 0.15) is 11.5 Å². The topological polar surface area (TPSA) is 68.0 Å². The number of aromatic nitrogens is 2. The number of furan rings is 1. The normalized spacial score (nSPS) is 10.9. The molecule has 1 N–H and O–H groups in total. The molecule has 8 heteroatoms. The monoisotopic (exact) mass is 407 g/mol. The Morgan fingerprint density at radius 1 is 1.31 bits per heavy atom. The highest BCUT2D eigenvalue weighted by Crippen LogP contribution is 2.29. The second-order valence-corrected chi connectivity index (χ2v) is 8.37. The van der Waals surface area contributed by atoms with Crippen molar-refractivity contribution in [2.45, 2.75) is 31.0 Å². The van der Waals surface area contributed by atoms with Crippen LogP contribution in [0.25, 0.3) is 11.3 Å². The third-order valence-corrected chi connectivity index (χ3v) is 5.95. The molecule has 136 valence electrons. The van der Waals surface area contributed by atoms with Crippen LogP contribution in [0.5, 0.6) is 0 Å². The first kappa shape index (κ1) is 18.9. The summed E-state index contributed by atoms with van der Waals surface area (Å²) in [6, 6.07) is 9.01. The fourth-order valence-corrected chi connectivity index (χ4v) is 4.28. The first-order valence-corrected chi connectivity index (χ1v) is 10.4. The maximum atomic E-state index is 12.5. The summed E-state index contributed by atoms with van der Waals surface area (Å²) < 4.78 is 6.59. The lowest BCUT2D eigenvalue weighted by Crippen LogP contribution is -2.11. The zero-order chi connectivity index (χ0) is 18.5. The first-order valence-electron chi connectivity index (χ1n) is 8.21. The van der Waals surface area contributed by atoms with E-state index in [1.807, 2.05) is 12.1 Å². The Balaban J connectivity index is 1.69. The molecule has 2 aromatic heterocycles. The number of amides is 1. The van der Waals surface area contributed by atoms with Crippen LogP contribution in [0.4, 0.5) is 5.13 Å². The molecule has 0 saturated heterocycles. The summed E-state index contributed by atoms with van der Waals surface area (Å²) in [5, 5.41) is 12.1. The minimum Gasteiger partial charge on any atom is -0.461 e. The number of aryl methyl sites for hydroxylation is 1. The van der Waals surface area contributed by atoms with Crippen LogP contribution >= 0.6 is 34.7 Å². The molecule has 1 aromatic carbocycles. The molecule has 0 aliphatic rings. The first-order chi connectivity index (χ1) is 12.6. The molecule has 0 atom stereocenters. The molecule has 2 heterocycles. The van der Waals surface area contributed by atoms with E-state index in [9.17, 15) is 4.79 Å². The van der Waals surface area contributed by atoms with Gasteiger partial charge in [-0.15, -0.1) is 10.2 Å². The molecular weight excluding hydrogens is 390 g/mol.